The van der Waals surface area contributed by atoms with E-state index in [9.17, 15) is 9.59 Å². The molecule has 4 N–H and O–H groups in total. The summed E-state index contributed by atoms with van der Waals surface area (Å²) in [7, 11) is 3.11. The molecular formula is C14H16N3O5+. The number of ether oxygens (including phenoxy) is 2. The van der Waals surface area contributed by atoms with E-state index < -0.39 is 12.6 Å². The van der Waals surface area contributed by atoms with E-state index in [1.165, 1.54) is 11.7 Å². The van der Waals surface area contributed by atoms with Crippen molar-refractivity contribution >= 4 is 23.9 Å². The molecule has 8 nitrogen and oxygen atoms in total. The molecule has 8 heteroatoms. The highest BCUT2D eigenvalue weighted by Gasteiger charge is 2.28. The lowest BCUT2D eigenvalue weighted by atomic mass is 10.1. The minimum atomic E-state index is -1.08. The summed E-state index contributed by atoms with van der Waals surface area (Å²) in [4.78, 5) is 22.3. The fourth-order valence-corrected chi connectivity index (χ4v) is 1.90. The minimum absolute atomic E-state index is 0.254. The van der Waals surface area contributed by atoms with Crippen LogP contribution in [0.15, 0.2) is 23.9 Å². The largest absolute Gasteiger partial charge is 0.493 e. The van der Waals surface area contributed by atoms with Crippen LogP contribution in [0.1, 0.15) is 5.56 Å². The van der Waals surface area contributed by atoms with Crippen molar-refractivity contribution in [2.45, 2.75) is 0 Å². The number of hydrogen-bond acceptors (Lipinski definition) is 5. The number of nitrogens with two attached hydrogens (primary N) is 1. The Morgan fingerprint density at radius 1 is 1.45 bits per heavy atom. The van der Waals surface area contributed by atoms with Gasteiger partial charge in [0.2, 0.25) is 0 Å². The van der Waals surface area contributed by atoms with Crippen molar-refractivity contribution in [1.29, 1.82) is 0 Å². The second-order valence-corrected chi connectivity index (χ2v) is 4.52. The molecule has 0 spiro atoms. The topological polar surface area (TPSA) is 114 Å². The van der Waals surface area contributed by atoms with Gasteiger partial charge in [0.15, 0.2) is 23.8 Å². The molecule has 1 aliphatic rings. The standard InChI is InChI=1S/C14H15N3O5/c1-17-9(13(20)16-14(17)15)5-8-3-4-10(11(6-8)21-2)22-7-12(18)19/h3-6H,7H2,1-2H3,(H3,15,16,18,19,20)/p+1/b9-5+. The van der Waals surface area contributed by atoms with E-state index in [-0.39, 0.29) is 11.9 Å². The number of guanidine groups is 1. The third kappa shape index (κ3) is 3.17. The number of amides is 1. The molecule has 22 heavy (non-hydrogen) atoms. The predicted octanol–water partition coefficient (Wildman–Crippen LogP) is -0.414. The number of nitrogens with one attached hydrogen (secondary N) is 1. The zero-order valence-electron chi connectivity index (χ0n) is 12.1. The van der Waals surface area contributed by atoms with E-state index in [0.717, 1.165) is 0 Å². The van der Waals surface area contributed by atoms with Gasteiger partial charge in [0.05, 0.1) is 14.2 Å². The summed E-state index contributed by atoms with van der Waals surface area (Å²) in [6.45, 7) is -0.465. The van der Waals surface area contributed by atoms with Crippen LogP contribution >= 0.6 is 0 Å². The number of aliphatic carboxylic acids is 1. The first-order chi connectivity index (χ1) is 10.4. The first-order valence-electron chi connectivity index (χ1n) is 6.34. The van der Waals surface area contributed by atoms with Crippen LogP contribution in [-0.4, -0.2) is 48.3 Å². The van der Waals surface area contributed by atoms with Crippen LogP contribution in [0, 0.1) is 0 Å². The predicted molar refractivity (Wildman–Crippen MR) is 77.6 cm³/mol. The molecule has 116 valence electrons. The fraction of sp³-hybridized carbons (Fsp3) is 0.214. The lowest BCUT2D eigenvalue weighted by molar-refractivity contribution is -0.432. The van der Waals surface area contributed by atoms with Gasteiger partial charge in [0, 0.05) is 0 Å². The van der Waals surface area contributed by atoms with Gasteiger partial charge in [-0.1, -0.05) is 6.07 Å². The average molecular weight is 306 g/mol. The number of methoxy groups -OCH3 is 1. The molecule has 1 aromatic rings. The van der Waals surface area contributed by atoms with Gasteiger partial charge in [0.1, 0.15) is 0 Å². The van der Waals surface area contributed by atoms with E-state index in [1.54, 1.807) is 31.3 Å². The molecule has 0 radical (unpaired) electrons. The third-order valence-electron chi connectivity index (χ3n) is 3.04. The SMILES string of the molecule is COc1cc(/C=C2\C(=O)NC(N)=[N+]2C)ccc1OCC(=O)O. The Bertz CT molecular complexity index is 694. The smallest absolute Gasteiger partial charge is 0.356 e. The Morgan fingerprint density at radius 2 is 2.18 bits per heavy atom. The van der Waals surface area contributed by atoms with Crippen LogP contribution in [-0.2, 0) is 9.59 Å². The van der Waals surface area contributed by atoms with Crippen molar-refractivity contribution < 1.29 is 28.7 Å². The Kier molecular flexibility index (Phi) is 4.31. The molecule has 0 atom stereocenters. The molecule has 2 rings (SSSR count). The second-order valence-electron chi connectivity index (χ2n) is 4.52. The molecule has 0 aliphatic carbocycles. The van der Waals surface area contributed by atoms with E-state index in [4.69, 9.17) is 20.3 Å². The number of carbonyl (C=O) groups excluding carboxylic acids is 1. The average Bonchev–Trinajstić information content (AvgIpc) is 2.72. The van der Waals surface area contributed by atoms with Gasteiger partial charge >= 0.3 is 17.8 Å². The third-order valence-corrected chi connectivity index (χ3v) is 3.04. The maximum atomic E-state index is 11.8. The van der Waals surface area contributed by atoms with Gasteiger partial charge in [-0.25, -0.2) is 19.5 Å². The van der Waals surface area contributed by atoms with E-state index in [2.05, 4.69) is 5.32 Å². The molecule has 0 unspecified atom stereocenters. The molecule has 1 aliphatic heterocycles. The summed E-state index contributed by atoms with van der Waals surface area (Å²) in [6.07, 6.45) is 1.64. The number of carboxylic acids is 1. The highest BCUT2D eigenvalue weighted by molar-refractivity contribution is 6.08. The van der Waals surface area contributed by atoms with Crippen LogP contribution in [0.3, 0.4) is 0 Å². The highest BCUT2D eigenvalue weighted by Crippen LogP contribution is 2.29. The molecule has 1 heterocycles. The summed E-state index contributed by atoms with van der Waals surface area (Å²) in [5.74, 6) is -0.450. The maximum Gasteiger partial charge on any atom is 0.356 e. The molecule has 0 aromatic heterocycles. The lowest BCUT2D eigenvalue weighted by Gasteiger charge is -2.09. The fourth-order valence-electron chi connectivity index (χ4n) is 1.90. The molecule has 0 saturated heterocycles. The zero-order chi connectivity index (χ0) is 16.3. The van der Waals surface area contributed by atoms with Crippen LogP contribution < -0.4 is 20.5 Å². The van der Waals surface area contributed by atoms with Crippen molar-refractivity contribution in [1.82, 2.24) is 5.32 Å². The number of carbonyl (C=O) groups is 2. The molecular weight excluding hydrogens is 290 g/mol. The summed E-state index contributed by atoms with van der Waals surface area (Å²) in [5.41, 5.74) is 6.70. The number of benzene rings is 1. The summed E-state index contributed by atoms with van der Waals surface area (Å²) >= 11 is 0. The van der Waals surface area contributed by atoms with Crippen LogP contribution in [0.2, 0.25) is 0 Å². The number of carboxylic acid groups (broad SMARTS) is 1. The van der Waals surface area contributed by atoms with Crippen molar-refractivity contribution in [3.63, 3.8) is 0 Å². The zero-order valence-corrected chi connectivity index (χ0v) is 12.1. The van der Waals surface area contributed by atoms with Gasteiger partial charge in [-0.2, -0.15) is 0 Å². The van der Waals surface area contributed by atoms with Crippen molar-refractivity contribution in [2.75, 3.05) is 20.8 Å². The van der Waals surface area contributed by atoms with Crippen molar-refractivity contribution in [2.24, 2.45) is 5.73 Å². The summed E-state index contributed by atoms with van der Waals surface area (Å²) in [5, 5.41) is 11.1. The summed E-state index contributed by atoms with van der Waals surface area (Å²) < 4.78 is 11.8. The molecule has 1 aromatic carbocycles. The number of nitrogens with zero attached hydrogens (tertiary/aromatic N) is 1. The van der Waals surface area contributed by atoms with E-state index >= 15 is 0 Å². The van der Waals surface area contributed by atoms with Crippen molar-refractivity contribution in [3.8, 4) is 11.5 Å². The first kappa shape index (κ1) is 15.4. The molecule has 0 bridgehead atoms. The van der Waals surface area contributed by atoms with Crippen LogP contribution in [0.5, 0.6) is 11.5 Å². The van der Waals surface area contributed by atoms with Crippen molar-refractivity contribution in [3.05, 3.63) is 29.5 Å². The monoisotopic (exact) mass is 306 g/mol. The van der Waals surface area contributed by atoms with Gasteiger partial charge in [0.25, 0.3) is 0 Å². The van der Waals surface area contributed by atoms with E-state index in [0.29, 0.717) is 22.8 Å². The van der Waals surface area contributed by atoms with E-state index in [1.807, 2.05) is 0 Å². The number of hydrogen-bond donors (Lipinski definition) is 3. The molecule has 0 fully saturated rings. The minimum Gasteiger partial charge on any atom is -0.493 e. The lowest BCUT2D eigenvalue weighted by Crippen LogP contribution is -2.32. The summed E-state index contributed by atoms with van der Waals surface area (Å²) in [6, 6.07) is 4.90. The van der Waals surface area contributed by atoms with Gasteiger partial charge in [-0.3, -0.25) is 5.73 Å². The van der Waals surface area contributed by atoms with Gasteiger partial charge in [-0.05, 0) is 23.8 Å². The second kappa shape index (κ2) is 6.17. The Hall–Kier alpha value is -3.03. The normalized spacial score (nSPS) is 15.9. The quantitative estimate of drug-likeness (QED) is 0.503. The maximum absolute atomic E-state index is 11.8. The Balaban J connectivity index is 2.30. The highest BCUT2D eigenvalue weighted by atomic mass is 16.5. The van der Waals surface area contributed by atoms with Crippen LogP contribution in [0.25, 0.3) is 6.08 Å². The van der Waals surface area contributed by atoms with Gasteiger partial charge in [-0.15, -0.1) is 0 Å². The number of likely N-dealkylation sites (N-methyl/N-ethyl adjacent to an activating group) is 1. The Morgan fingerprint density at radius 3 is 2.73 bits per heavy atom. The molecule has 0 saturated carbocycles. The van der Waals surface area contributed by atoms with Gasteiger partial charge < -0.3 is 14.6 Å². The first-order valence-corrected chi connectivity index (χ1v) is 6.34. The number of rotatable bonds is 5. The van der Waals surface area contributed by atoms with Crippen LogP contribution in [0.4, 0.5) is 0 Å². The Labute approximate surface area is 126 Å². The molecule has 1 amide bonds.